The predicted octanol–water partition coefficient (Wildman–Crippen LogP) is 4.27. The summed E-state index contributed by atoms with van der Waals surface area (Å²) in [5, 5.41) is 10.5. The first kappa shape index (κ1) is 21.8. The van der Waals surface area contributed by atoms with Crippen LogP contribution in [0, 0.1) is 19.8 Å². The molecule has 0 amide bonds. The van der Waals surface area contributed by atoms with Crippen LogP contribution in [0.4, 0.5) is 5.82 Å². The number of halogens is 2. The average Bonchev–Trinajstić information content (AvgIpc) is 3.03. The number of aliphatic hydroxyl groups is 1. The van der Waals surface area contributed by atoms with Gasteiger partial charge in [0.15, 0.2) is 12.9 Å². The van der Waals surface area contributed by atoms with Crippen LogP contribution in [0.5, 0.6) is 0 Å². The van der Waals surface area contributed by atoms with Crippen LogP contribution in [0.2, 0.25) is 6.82 Å². The molecule has 1 aliphatic rings. The van der Waals surface area contributed by atoms with Crippen LogP contribution in [0.1, 0.15) is 30.7 Å². The quantitative estimate of drug-likeness (QED) is 0.498. The minimum atomic E-state index is 0.252. The molecule has 0 aliphatic carbocycles. The van der Waals surface area contributed by atoms with E-state index >= 15 is 0 Å². The van der Waals surface area contributed by atoms with Crippen LogP contribution in [0.3, 0.4) is 0 Å². The van der Waals surface area contributed by atoms with Crippen LogP contribution in [0.25, 0.3) is 16.7 Å². The Morgan fingerprint density at radius 2 is 1.93 bits per heavy atom. The van der Waals surface area contributed by atoms with Crippen molar-refractivity contribution < 1.29 is 5.11 Å². The molecule has 2 aromatic heterocycles. The van der Waals surface area contributed by atoms with Gasteiger partial charge >= 0.3 is 0 Å². The molecular weight excluding hydrogens is 507 g/mol. The highest BCUT2D eigenvalue weighted by Crippen LogP contribution is 2.36. The SMILES string of the molecule is CBc1cc(Br)c(-n2cc(C)c3c(N4CCCC(CCO)C4)nc(C)nc32)c(Br)c1. The number of hydrogen-bond acceptors (Lipinski definition) is 4. The molecule has 0 bridgehead atoms. The molecule has 30 heavy (non-hydrogen) atoms. The van der Waals surface area contributed by atoms with Crippen LogP contribution in [0.15, 0.2) is 27.3 Å². The minimum absolute atomic E-state index is 0.252. The van der Waals surface area contributed by atoms with E-state index in [9.17, 15) is 5.11 Å². The summed E-state index contributed by atoms with van der Waals surface area (Å²) >= 11 is 7.56. The summed E-state index contributed by atoms with van der Waals surface area (Å²) in [6.45, 7) is 8.45. The third-order valence-electron chi connectivity index (χ3n) is 6.01. The molecule has 3 aromatic rings. The standard InChI is InChI=1S/C22H27BBr2N4O/c1-13-11-29(20-17(24)9-16(23-3)10-18(20)25)22-19(13)21(26-14(2)27-22)28-7-4-5-15(12-28)6-8-30/h9-11,15,23,30H,4-8,12H2,1-3H3. The van der Waals surface area contributed by atoms with E-state index in [1.807, 2.05) is 6.92 Å². The van der Waals surface area contributed by atoms with Crippen LogP contribution in [-0.2, 0) is 0 Å². The molecule has 1 atom stereocenters. The van der Waals surface area contributed by atoms with Crippen molar-refractivity contribution in [1.82, 2.24) is 14.5 Å². The van der Waals surface area contributed by atoms with E-state index in [2.05, 4.69) is 73.4 Å². The van der Waals surface area contributed by atoms with Crippen molar-refractivity contribution >= 4 is 61.5 Å². The third-order valence-corrected chi connectivity index (χ3v) is 7.22. The maximum atomic E-state index is 9.40. The molecule has 8 heteroatoms. The smallest absolute Gasteiger partial charge is 0.154 e. The molecule has 158 valence electrons. The number of fused-ring (bicyclic) bond motifs is 1. The first-order chi connectivity index (χ1) is 14.4. The number of anilines is 1. The Labute approximate surface area is 195 Å². The van der Waals surface area contributed by atoms with E-state index < -0.39 is 0 Å². The molecule has 1 unspecified atom stereocenters. The lowest BCUT2D eigenvalue weighted by molar-refractivity contribution is 0.244. The summed E-state index contributed by atoms with van der Waals surface area (Å²) in [4.78, 5) is 12.1. The highest BCUT2D eigenvalue weighted by molar-refractivity contribution is 9.11. The second kappa shape index (κ2) is 9.01. The van der Waals surface area contributed by atoms with Gasteiger partial charge in [-0.05, 0) is 76.5 Å². The van der Waals surface area contributed by atoms with Crippen molar-refractivity contribution in [2.75, 3.05) is 24.6 Å². The van der Waals surface area contributed by atoms with Gasteiger partial charge in [0.2, 0.25) is 0 Å². The van der Waals surface area contributed by atoms with Crippen molar-refractivity contribution in [3.8, 4) is 5.69 Å². The second-order valence-electron chi connectivity index (χ2n) is 8.20. The third kappa shape index (κ3) is 4.06. The van der Waals surface area contributed by atoms with Crippen molar-refractivity contribution in [2.45, 2.75) is 39.9 Å². The fourth-order valence-corrected chi connectivity index (χ4v) is 6.18. The van der Waals surface area contributed by atoms with Crippen LogP contribution >= 0.6 is 31.9 Å². The van der Waals surface area contributed by atoms with E-state index in [-0.39, 0.29) is 6.61 Å². The normalized spacial score (nSPS) is 17.0. The Morgan fingerprint density at radius 1 is 1.20 bits per heavy atom. The van der Waals surface area contributed by atoms with Gasteiger partial charge in [-0.15, -0.1) is 0 Å². The monoisotopic (exact) mass is 532 g/mol. The summed E-state index contributed by atoms with van der Waals surface area (Å²) in [5.41, 5.74) is 4.44. The minimum Gasteiger partial charge on any atom is -0.396 e. The molecular formula is C22H27BBr2N4O. The van der Waals surface area contributed by atoms with Gasteiger partial charge in [0.1, 0.15) is 11.6 Å². The number of nitrogens with zero attached hydrogens (tertiary/aromatic N) is 4. The zero-order chi connectivity index (χ0) is 21.4. The molecule has 1 saturated heterocycles. The first-order valence-corrected chi connectivity index (χ1v) is 12.2. The van der Waals surface area contributed by atoms with Gasteiger partial charge in [-0.2, -0.15) is 0 Å². The molecule has 0 spiro atoms. The Bertz CT molecular complexity index is 1060. The lowest BCUT2D eigenvalue weighted by Gasteiger charge is -2.34. The number of hydrogen-bond donors (Lipinski definition) is 1. The Hall–Kier alpha value is -1.38. The molecule has 3 heterocycles. The fourth-order valence-electron chi connectivity index (χ4n) is 4.52. The molecule has 1 N–H and O–H groups in total. The molecule has 4 rings (SSSR count). The zero-order valence-electron chi connectivity index (χ0n) is 17.8. The molecule has 1 aliphatic heterocycles. The summed E-state index contributed by atoms with van der Waals surface area (Å²) in [6, 6.07) is 4.36. The van der Waals surface area contributed by atoms with Crippen molar-refractivity contribution in [1.29, 1.82) is 0 Å². The fraction of sp³-hybridized carbons (Fsp3) is 0.455. The van der Waals surface area contributed by atoms with Gasteiger partial charge in [0, 0.05) is 34.8 Å². The number of rotatable bonds is 5. The topological polar surface area (TPSA) is 54.2 Å². The van der Waals surface area contributed by atoms with Crippen molar-refractivity contribution in [2.24, 2.45) is 5.92 Å². The highest BCUT2D eigenvalue weighted by Gasteiger charge is 2.25. The maximum Gasteiger partial charge on any atom is 0.154 e. The van der Waals surface area contributed by atoms with Gasteiger partial charge in [-0.3, -0.25) is 4.57 Å². The summed E-state index contributed by atoms with van der Waals surface area (Å²) in [6.07, 6.45) is 5.32. The van der Waals surface area contributed by atoms with Crippen molar-refractivity contribution in [3.05, 3.63) is 38.7 Å². The van der Waals surface area contributed by atoms with Gasteiger partial charge in [0.05, 0.1) is 11.1 Å². The zero-order valence-corrected chi connectivity index (χ0v) is 20.9. The Balaban J connectivity index is 1.87. The molecule has 0 saturated carbocycles. The van der Waals surface area contributed by atoms with E-state index in [0.717, 1.165) is 70.5 Å². The van der Waals surface area contributed by atoms with E-state index in [1.54, 1.807) is 0 Å². The summed E-state index contributed by atoms with van der Waals surface area (Å²) in [5.74, 6) is 2.31. The van der Waals surface area contributed by atoms with E-state index in [4.69, 9.17) is 9.97 Å². The lowest BCUT2D eigenvalue weighted by Crippen LogP contribution is -2.36. The van der Waals surface area contributed by atoms with Crippen LogP contribution in [-0.4, -0.2) is 46.6 Å². The first-order valence-electron chi connectivity index (χ1n) is 10.6. The van der Waals surface area contributed by atoms with Gasteiger partial charge in [-0.1, -0.05) is 24.4 Å². The lowest BCUT2D eigenvalue weighted by atomic mass is 9.73. The second-order valence-corrected chi connectivity index (χ2v) is 9.91. The molecule has 0 radical (unpaired) electrons. The number of benzene rings is 1. The number of aliphatic hydroxyl groups excluding tert-OH is 1. The number of aromatic nitrogens is 3. The summed E-state index contributed by atoms with van der Waals surface area (Å²) in [7, 11) is 0.984. The molecule has 1 fully saturated rings. The van der Waals surface area contributed by atoms with Gasteiger partial charge in [0.25, 0.3) is 0 Å². The number of aryl methyl sites for hydroxylation is 2. The Kier molecular flexibility index (Phi) is 6.56. The van der Waals surface area contributed by atoms with Gasteiger partial charge in [-0.25, -0.2) is 9.97 Å². The molecule has 1 aromatic carbocycles. The van der Waals surface area contributed by atoms with E-state index in [0.29, 0.717) is 5.92 Å². The number of piperidine rings is 1. The van der Waals surface area contributed by atoms with Gasteiger partial charge < -0.3 is 10.0 Å². The summed E-state index contributed by atoms with van der Waals surface area (Å²) < 4.78 is 4.26. The average molecular weight is 534 g/mol. The van der Waals surface area contributed by atoms with Crippen LogP contribution < -0.4 is 10.4 Å². The van der Waals surface area contributed by atoms with Crippen molar-refractivity contribution in [3.63, 3.8) is 0 Å². The Morgan fingerprint density at radius 3 is 2.60 bits per heavy atom. The largest absolute Gasteiger partial charge is 0.396 e. The highest BCUT2D eigenvalue weighted by atomic mass is 79.9. The predicted molar refractivity (Wildman–Crippen MR) is 133 cm³/mol. The molecule has 5 nitrogen and oxygen atoms in total. The maximum absolute atomic E-state index is 9.40. The van der Waals surface area contributed by atoms with E-state index in [1.165, 1.54) is 17.4 Å².